The van der Waals surface area contributed by atoms with Gasteiger partial charge in [-0.25, -0.2) is 18.4 Å². The molecule has 176 valence electrons. The quantitative estimate of drug-likeness (QED) is 0.157. The van der Waals surface area contributed by atoms with Crippen LogP contribution < -0.4 is 9.47 Å². The first-order valence-electron chi connectivity index (χ1n) is 10.3. The average molecular weight is 513 g/mol. The third kappa shape index (κ3) is 5.50. The standard InChI is InChI=1S/C27H16Cl2F2O4/c28-27(29,17-9-13-19(14-10-17)34-25(32)21-5-1-3-7-23(21)30)18-11-15-20(16-12-18)35-26(33)22-6-2-4-8-24(22)31/h1-16H. The topological polar surface area (TPSA) is 52.6 Å². The van der Waals surface area contributed by atoms with Crippen molar-refractivity contribution in [2.45, 2.75) is 4.33 Å². The first-order chi connectivity index (χ1) is 16.8. The van der Waals surface area contributed by atoms with Crippen molar-refractivity contribution >= 4 is 35.1 Å². The zero-order chi connectivity index (χ0) is 25.0. The second kappa shape index (κ2) is 10.3. The molecule has 8 heteroatoms. The van der Waals surface area contributed by atoms with E-state index in [0.29, 0.717) is 11.1 Å². The van der Waals surface area contributed by atoms with Gasteiger partial charge in [-0.05, 0) is 59.7 Å². The van der Waals surface area contributed by atoms with Gasteiger partial charge in [0.05, 0.1) is 11.1 Å². The number of benzene rings is 4. The Balaban J connectivity index is 1.45. The lowest BCUT2D eigenvalue weighted by Crippen LogP contribution is -2.14. The number of carbonyl (C=O) groups excluding carboxylic acids is 2. The second-order valence-corrected chi connectivity index (χ2v) is 8.69. The predicted molar refractivity (Wildman–Crippen MR) is 128 cm³/mol. The smallest absolute Gasteiger partial charge is 0.346 e. The summed E-state index contributed by atoms with van der Waals surface area (Å²) in [6.45, 7) is 0. The van der Waals surface area contributed by atoms with E-state index in [9.17, 15) is 18.4 Å². The summed E-state index contributed by atoms with van der Waals surface area (Å²) in [6.07, 6.45) is 0. The Morgan fingerprint density at radius 1 is 0.571 bits per heavy atom. The number of carbonyl (C=O) groups is 2. The summed E-state index contributed by atoms with van der Waals surface area (Å²) >= 11 is 13.2. The van der Waals surface area contributed by atoms with Gasteiger partial charge in [0.2, 0.25) is 0 Å². The third-order valence-corrected chi connectivity index (χ3v) is 5.92. The number of rotatable bonds is 6. The van der Waals surface area contributed by atoms with Crippen molar-refractivity contribution in [2.75, 3.05) is 0 Å². The Kier molecular flexibility index (Phi) is 7.15. The monoisotopic (exact) mass is 512 g/mol. The van der Waals surface area contributed by atoms with Crippen LogP contribution in [0.3, 0.4) is 0 Å². The highest BCUT2D eigenvalue weighted by Crippen LogP contribution is 2.41. The van der Waals surface area contributed by atoms with Crippen molar-refractivity contribution in [1.29, 1.82) is 0 Å². The first kappa shape index (κ1) is 24.4. The second-order valence-electron chi connectivity index (χ2n) is 7.36. The maximum absolute atomic E-state index is 13.8. The van der Waals surface area contributed by atoms with Crippen LogP contribution in [0, 0.1) is 11.6 Å². The largest absolute Gasteiger partial charge is 0.423 e. The Labute approximate surface area is 209 Å². The third-order valence-electron chi connectivity index (χ3n) is 5.04. The summed E-state index contributed by atoms with van der Waals surface area (Å²) in [6, 6.07) is 23.2. The maximum Gasteiger partial charge on any atom is 0.346 e. The molecular formula is C27H16Cl2F2O4. The van der Waals surface area contributed by atoms with Crippen LogP contribution in [0.5, 0.6) is 11.5 Å². The van der Waals surface area contributed by atoms with Crippen molar-refractivity contribution in [1.82, 2.24) is 0 Å². The Morgan fingerprint density at radius 3 is 1.26 bits per heavy atom. The summed E-state index contributed by atoms with van der Waals surface area (Å²) in [4.78, 5) is 24.4. The number of esters is 2. The average Bonchev–Trinajstić information content (AvgIpc) is 2.85. The van der Waals surface area contributed by atoms with Gasteiger partial charge in [-0.2, -0.15) is 0 Å². The molecule has 0 aliphatic carbocycles. The van der Waals surface area contributed by atoms with E-state index < -0.39 is 27.9 Å². The molecule has 0 bridgehead atoms. The highest BCUT2D eigenvalue weighted by molar-refractivity contribution is 6.50. The van der Waals surface area contributed by atoms with Gasteiger partial charge in [0.1, 0.15) is 23.1 Å². The number of ether oxygens (including phenoxy) is 2. The molecule has 0 aliphatic rings. The molecule has 0 fully saturated rings. The zero-order valence-electron chi connectivity index (χ0n) is 17.9. The molecule has 0 atom stereocenters. The van der Waals surface area contributed by atoms with Crippen LogP contribution in [0.25, 0.3) is 0 Å². The van der Waals surface area contributed by atoms with Gasteiger partial charge >= 0.3 is 11.9 Å². The van der Waals surface area contributed by atoms with E-state index >= 15 is 0 Å². The van der Waals surface area contributed by atoms with Crippen LogP contribution in [0.1, 0.15) is 31.8 Å². The van der Waals surface area contributed by atoms with Crippen LogP contribution >= 0.6 is 23.2 Å². The molecule has 0 aromatic heterocycles. The lowest BCUT2D eigenvalue weighted by atomic mass is 10.0. The van der Waals surface area contributed by atoms with Gasteiger partial charge in [0.25, 0.3) is 0 Å². The fraction of sp³-hybridized carbons (Fsp3) is 0.0370. The van der Waals surface area contributed by atoms with Gasteiger partial charge in [-0.15, -0.1) is 0 Å². The Bertz CT molecular complexity index is 1270. The number of hydrogen-bond acceptors (Lipinski definition) is 4. The molecule has 4 rings (SSSR count). The van der Waals surface area contributed by atoms with E-state index in [0.717, 1.165) is 0 Å². The SMILES string of the molecule is O=C(Oc1ccc(C(Cl)(Cl)c2ccc(OC(=O)c3ccccc3F)cc2)cc1)c1ccccc1F. The molecule has 0 heterocycles. The molecule has 4 aromatic carbocycles. The van der Waals surface area contributed by atoms with Crippen molar-refractivity contribution < 1.29 is 27.8 Å². The van der Waals surface area contributed by atoms with Crippen LogP contribution in [0.4, 0.5) is 8.78 Å². The summed E-state index contributed by atoms with van der Waals surface area (Å²) in [5, 5.41) is 0. The molecule has 4 nitrogen and oxygen atoms in total. The molecule has 0 saturated heterocycles. The lowest BCUT2D eigenvalue weighted by molar-refractivity contribution is 0.0720. The molecule has 0 saturated carbocycles. The van der Waals surface area contributed by atoms with Crippen molar-refractivity contribution in [3.05, 3.63) is 131 Å². The number of alkyl halides is 2. The van der Waals surface area contributed by atoms with Crippen LogP contribution in [0.2, 0.25) is 0 Å². The minimum absolute atomic E-state index is 0.182. The summed E-state index contributed by atoms with van der Waals surface area (Å²) < 4.78 is 36.5. The molecule has 0 N–H and O–H groups in total. The molecule has 0 radical (unpaired) electrons. The molecule has 0 unspecified atom stereocenters. The van der Waals surface area contributed by atoms with E-state index in [1.807, 2.05) is 0 Å². The van der Waals surface area contributed by atoms with Gasteiger partial charge in [0, 0.05) is 0 Å². The molecule has 4 aromatic rings. The molecular weight excluding hydrogens is 497 g/mol. The van der Waals surface area contributed by atoms with Crippen LogP contribution in [-0.2, 0) is 4.33 Å². The predicted octanol–water partition coefficient (Wildman–Crippen LogP) is 7.08. The minimum Gasteiger partial charge on any atom is -0.423 e. The fourth-order valence-corrected chi connectivity index (χ4v) is 3.71. The lowest BCUT2D eigenvalue weighted by Gasteiger charge is -2.21. The fourth-order valence-electron chi connectivity index (χ4n) is 3.21. The van der Waals surface area contributed by atoms with Gasteiger partial charge in [-0.3, -0.25) is 0 Å². The van der Waals surface area contributed by atoms with Crippen molar-refractivity contribution in [3.63, 3.8) is 0 Å². The van der Waals surface area contributed by atoms with Gasteiger partial charge in [0.15, 0.2) is 4.33 Å². The van der Waals surface area contributed by atoms with E-state index in [1.54, 1.807) is 24.3 Å². The number of hydrogen-bond donors (Lipinski definition) is 0. The molecule has 0 amide bonds. The highest BCUT2D eigenvalue weighted by atomic mass is 35.5. The summed E-state index contributed by atoms with van der Waals surface area (Å²) in [5.41, 5.74) is 0.582. The van der Waals surface area contributed by atoms with Crippen molar-refractivity contribution in [2.24, 2.45) is 0 Å². The minimum atomic E-state index is -1.48. The normalized spacial score (nSPS) is 11.1. The summed E-state index contributed by atoms with van der Waals surface area (Å²) in [5.74, 6) is -2.67. The van der Waals surface area contributed by atoms with Gasteiger partial charge in [-0.1, -0.05) is 71.7 Å². The van der Waals surface area contributed by atoms with E-state index in [1.165, 1.54) is 72.8 Å². The van der Waals surface area contributed by atoms with Crippen LogP contribution in [-0.4, -0.2) is 11.9 Å². The van der Waals surface area contributed by atoms with Crippen LogP contribution in [0.15, 0.2) is 97.1 Å². The molecule has 0 aliphatic heterocycles. The highest BCUT2D eigenvalue weighted by Gasteiger charge is 2.29. The Hall–Kier alpha value is -3.74. The van der Waals surface area contributed by atoms with E-state index in [4.69, 9.17) is 32.7 Å². The van der Waals surface area contributed by atoms with Crippen molar-refractivity contribution in [3.8, 4) is 11.5 Å². The van der Waals surface area contributed by atoms with E-state index in [2.05, 4.69) is 0 Å². The summed E-state index contributed by atoms with van der Waals surface area (Å²) in [7, 11) is 0. The maximum atomic E-state index is 13.8. The van der Waals surface area contributed by atoms with E-state index in [-0.39, 0.29) is 22.6 Å². The molecule has 0 spiro atoms. The molecule has 35 heavy (non-hydrogen) atoms. The first-order valence-corrected chi connectivity index (χ1v) is 11.0. The zero-order valence-corrected chi connectivity index (χ0v) is 19.4. The van der Waals surface area contributed by atoms with Gasteiger partial charge < -0.3 is 9.47 Å². The Morgan fingerprint density at radius 2 is 0.914 bits per heavy atom. The number of halogens is 4.